The van der Waals surface area contributed by atoms with E-state index in [1.54, 1.807) is 18.3 Å². The van der Waals surface area contributed by atoms with Crippen LogP contribution in [-0.4, -0.2) is 46.4 Å². The fourth-order valence-corrected chi connectivity index (χ4v) is 4.96. The molecular formula is C28H24F4N6O2S. The quantitative estimate of drug-likeness (QED) is 0.284. The van der Waals surface area contributed by atoms with Gasteiger partial charge in [-0.2, -0.15) is 18.4 Å². The molecule has 212 valence electrons. The molecule has 4 rings (SSSR count). The van der Waals surface area contributed by atoms with Crippen LogP contribution in [0.1, 0.15) is 46.6 Å². The molecule has 2 amide bonds. The van der Waals surface area contributed by atoms with Gasteiger partial charge < -0.3 is 15.1 Å². The van der Waals surface area contributed by atoms with Gasteiger partial charge in [-0.3, -0.25) is 14.6 Å². The van der Waals surface area contributed by atoms with Crippen LogP contribution < -0.4 is 15.1 Å². The maximum absolute atomic E-state index is 14.7. The number of benzene rings is 1. The lowest BCUT2D eigenvalue weighted by atomic mass is 9.74. The van der Waals surface area contributed by atoms with E-state index in [9.17, 15) is 27.2 Å². The number of rotatable bonds is 9. The number of amides is 2. The van der Waals surface area contributed by atoms with Crippen LogP contribution in [0.2, 0.25) is 0 Å². The zero-order chi connectivity index (χ0) is 29.8. The molecule has 0 spiro atoms. The van der Waals surface area contributed by atoms with E-state index < -0.39 is 40.6 Å². The van der Waals surface area contributed by atoms with Crippen LogP contribution >= 0.6 is 12.2 Å². The van der Waals surface area contributed by atoms with Crippen molar-refractivity contribution in [3.63, 3.8) is 0 Å². The van der Waals surface area contributed by atoms with E-state index in [1.165, 1.54) is 35.6 Å². The number of carbonyl (C=O) groups is 2. The summed E-state index contributed by atoms with van der Waals surface area (Å²) in [5.41, 5.74) is -1.54. The van der Waals surface area contributed by atoms with Gasteiger partial charge in [0, 0.05) is 37.6 Å². The zero-order valence-electron chi connectivity index (χ0n) is 21.8. The molecule has 1 N–H and O–H groups in total. The molecule has 0 unspecified atom stereocenters. The molecule has 1 aliphatic carbocycles. The number of nitrogens with zero attached hydrogens (tertiary/aromatic N) is 5. The highest BCUT2D eigenvalue weighted by Crippen LogP contribution is 2.43. The van der Waals surface area contributed by atoms with Crippen LogP contribution in [0.25, 0.3) is 0 Å². The second-order valence-electron chi connectivity index (χ2n) is 9.42. The summed E-state index contributed by atoms with van der Waals surface area (Å²) in [6, 6.07) is 11.2. The molecule has 3 aromatic rings. The molecule has 0 bridgehead atoms. The summed E-state index contributed by atoms with van der Waals surface area (Å²) in [7, 11) is 1.30. The van der Waals surface area contributed by atoms with Gasteiger partial charge in [-0.05, 0) is 55.7 Å². The van der Waals surface area contributed by atoms with Gasteiger partial charge in [0.05, 0.1) is 28.5 Å². The molecule has 2 heterocycles. The predicted molar refractivity (Wildman–Crippen MR) is 147 cm³/mol. The molecule has 41 heavy (non-hydrogen) atoms. The fourth-order valence-electron chi connectivity index (χ4n) is 4.63. The van der Waals surface area contributed by atoms with Gasteiger partial charge in [0.2, 0.25) is 0 Å². The summed E-state index contributed by atoms with van der Waals surface area (Å²) < 4.78 is 55.2. The number of hydrogen-bond acceptors (Lipinski definition) is 6. The maximum atomic E-state index is 14.7. The topological polar surface area (TPSA) is 102 Å². The van der Waals surface area contributed by atoms with Crippen molar-refractivity contribution < 1.29 is 27.2 Å². The Morgan fingerprint density at radius 2 is 1.93 bits per heavy atom. The van der Waals surface area contributed by atoms with E-state index >= 15 is 0 Å². The van der Waals surface area contributed by atoms with Crippen LogP contribution in [0.4, 0.5) is 28.9 Å². The van der Waals surface area contributed by atoms with Gasteiger partial charge in [-0.15, -0.1) is 0 Å². The zero-order valence-corrected chi connectivity index (χ0v) is 22.6. The predicted octanol–water partition coefficient (Wildman–Crippen LogP) is 4.83. The van der Waals surface area contributed by atoms with Crippen LogP contribution in [-0.2, 0) is 17.4 Å². The Morgan fingerprint density at radius 1 is 1.17 bits per heavy atom. The first-order valence-corrected chi connectivity index (χ1v) is 13.0. The first-order valence-electron chi connectivity index (χ1n) is 12.5. The van der Waals surface area contributed by atoms with Crippen molar-refractivity contribution in [3.8, 4) is 6.07 Å². The van der Waals surface area contributed by atoms with E-state index in [0.29, 0.717) is 31.7 Å². The molecule has 1 fully saturated rings. The van der Waals surface area contributed by atoms with E-state index in [0.717, 1.165) is 22.9 Å². The Labute approximate surface area is 238 Å². The molecule has 8 nitrogen and oxygen atoms in total. The third kappa shape index (κ3) is 6.02. The Hall–Kier alpha value is -4.44. The molecule has 13 heteroatoms. The van der Waals surface area contributed by atoms with Crippen molar-refractivity contribution in [2.45, 2.75) is 37.4 Å². The minimum atomic E-state index is -4.85. The van der Waals surface area contributed by atoms with E-state index in [1.807, 2.05) is 6.07 Å². The number of pyridine rings is 2. The second kappa shape index (κ2) is 12.0. The average Bonchev–Trinajstić information content (AvgIpc) is 2.94. The van der Waals surface area contributed by atoms with Crippen molar-refractivity contribution >= 4 is 40.9 Å². The van der Waals surface area contributed by atoms with Gasteiger partial charge in [-0.25, -0.2) is 9.37 Å². The number of hydrogen-bond donors (Lipinski definition) is 1. The van der Waals surface area contributed by atoms with Crippen molar-refractivity contribution in [2.75, 3.05) is 23.4 Å². The SMILES string of the molecule is CN(C(=O)C1(N(C=S)c2ccc(F)c(C(=O)NCCc3ccccn3)c2)CCC1)c1cnc(C#N)c(C(F)(F)F)c1. The number of nitriles is 1. The van der Waals surface area contributed by atoms with Gasteiger partial charge >= 0.3 is 6.18 Å². The summed E-state index contributed by atoms with van der Waals surface area (Å²) in [5, 5.41) is 11.7. The Balaban J connectivity index is 1.59. The third-order valence-electron chi connectivity index (χ3n) is 6.99. The highest BCUT2D eigenvalue weighted by atomic mass is 32.1. The number of thiocarbonyl (C=S) groups is 1. The van der Waals surface area contributed by atoms with Crippen LogP contribution in [0.3, 0.4) is 0 Å². The van der Waals surface area contributed by atoms with Crippen LogP contribution in [0, 0.1) is 17.1 Å². The summed E-state index contributed by atoms with van der Waals surface area (Å²) in [5.74, 6) is -2.02. The summed E-state index contributed by atoms with van der Waals surface area (Å²) in [6.45, 7) is 0.210. The highest BCUT2D eigenvalue weighted by Gasteiger charge is 2.51. The van der Waals surface area contributed by atoms with E-state index in [4.69, 9.17) is 17.5 Å². The maximum Gasteiger partial charge on any atom is 0.419 e. The molecule has 2 aromatic heterocycles. The number of halogens is 4. The molecule has 1 aliphatic rings. The summed E-state index contributed by atoms with van der Waals surface area (Å²) in [6.07, 6.45) is -0.530. The molecule has 1 saturated carbocycles. The Kier molecular flexibility index (Phi) is 8.63. The van der Waals surface area contributed by atoms with E-state index in [-0.39, 0.29) is 23.5 Å². The van der Waals surface area contributed by atoms with Gasteiger partial charge in [0.15, 0.2) is 5.69 Å². The van der Waals surface area contributed by atoms with Gasteiger partial charge in [-0.1, -0.05) is 18.3 Å². The minimum absolute atomic E-state index is 0.163. The fraction of sp³-hybridized carbons (Fsp3) is 0.286. The monoisotopic (exact) mass is 584 g/mol. The van der Waals surface area contributed by atoms with Crippen molar-refractivity contribution in [1.82, 2.24) is 15.3 Å². The van der Waals surface area contributed by atoms with E-state index in [2.05, 4.69) is 15.3 Å². The number of alkyl halides is 3. The van der Waals surface area contributed by atoms with Gasteiger partial charge in [0.25, 0.3) is 11.8 Å². The lowest BCUT2D eigenvalue weighted by molar-refractivity contribution is -0.138. The van der Waals surface area contributed by atoms with Crippen LogP contribution in [0.5, 0.6) is 0 Å². The summed E-state index contributed by atoms with van der Waals surface area (Å²) in [4.78, 5) is 36.8. The van der Waals surface area contributed by atoms with Crippen molar-refractivity contribution in [1.29, 1.82) is 5.26 Å². The number of aromatic nitrogens is 2. The molecule has 1 aromatic carbocycles. The molecular weight excluding hydrogens is 560 g/mol. The smallest absolute Gasteiger partial charge is 0.352 e. The van der Waals surface area contributed by atoms with Crippen molar-refractivity contribution in [3.05, 3.63) is 83.2 Å². The molecule has 0 atom stereocenters. The lowest BCUT2D eigenvalue weighted by Crippen LogP contribution is -2.63. The second-order valence-corrected chi connectivity index (χ2v) is 9.63. The largest absolute Gasteiger partial charge is 0.419 e. The van der Waals surface area contributed by atoms with Gasteiger partial charge in [0.1, 0.15) is 17.4 Å². The first-order chi connectivity index (χ1) is 19.5. The first kappa shape index (κ1) is 29.5. The van der Waals surface area contributed by atoms with Crippen molar-refractivity contribution in [2.24, 2.45) is 0 Å². The molecule has 0 radical (unpaired) electrons. The highest BCUT2D eigenvalue weighted by molar-refractivity contribution is 7.79. The summed E-state index contributed by atoms with van der Waals surface area (Å²) >= 11 is 5.23. The average molecular weight is 585 g/mol. The van der Waals surface area contributed by atoms with Crippen LogP contribution in [0.15, 0.2) is 54.9 Å². The number of nitrogens with one attached hydrogen (secondary N) is 1. The number of carbonyl (C=O) groups excluding carboxylic acids is 2. The Morgan fingerprint density at radius 3 is 2.51 bits per heavy atom. The molecule has 0 saturated heterocycles. The molecule has 0 aliphatic heterocycles. The number of anilines is 2. The Bertz CT molecular complexity index is 1510. The number of likely N-dealkylation sites (N-methyl/N-ethyl adjacent to an activating group) is 1. The normalized spacial score (nSPS) is 13.9. The third-order valence-corrected chi connectivity index (χ3v) is 7.20. The standard InChI is InChI=1S/C28H24F4N6O2S/c1-37(20-14-22(28(30,31)32)24(15-33)36-16-20)26(40)27(9-4-10-27)38(17-41)19-6-7-23(29)21(13-19)25(39)35-12-8-18-5-2-3-11-34-18/h2-3,5-7,11,13-14,16-17H,4,8-10,12H2,1H3,(H,35,39). The lowest BCUT2D eigenvalue weighted by Gasteiger charge is -2.49. The minimum Gasteiger partial charge on any atom is -0.352 e.